The zero-order chi connectivity index (χ0) is 10.7. The van der Waals surface area contributed by atoms with Gasteiger partial charge in [0.05, 0.1) is 13.2 Å². The van der Waals surface area contributed by atoms with Gasteiger partial charge < -0.3 is 14.2 Å². The second kappa shape index (κ2) is 4.64. The molecule has 3 heteroatoms. The maximum Gasteiger partial charge on any atom is 0.197 e. The molecular weight excluding hydrogens is 192 g/mol. The van der Waals surface area contributed by atoms with Crippen molar-refractivity contribution in [2.24, 2.45) is 0 Å². The van der Waals surface area contributed by atoms with Crippen molar-refractivity contribution in [3.05, 3.63) is 29.8 Å². The first kappa shape index (κ1) is 10.5. The minimum absolute atomic E-state index is 0.240. The van der Waals surface area contributed by atoms with Gasteiger partial charge in [0.25, 0.3) is 0 Å². The maximum absolute atomic E-state index is 5.63. The number of rotatable bonds is 5. The first-order valence-electron chi connectivity index (χ1n) is 5.12. The van der Waals surface area contributed by atoms with Gasteiger partial charge in [0.15, 0.2) is 6.29 Å². The molecule has 2 atom stereocenters. The summed E-state index contributed by atoms with van der Waals surface area (Å²) in [7, 11) is 0. The van der Waals surface area contributed by atoms with E-state index in [9.17, 15) is 0 Å². The number of hydrogen-bond acceptors (Lipinski definition) is 3. The molecule has 15 heavy (non-hydrogen) atoms. The van der Waals surface area contributed by atoms with Crippen molar-refractivity contribution >= 4 is 0 Å². The Balaban J connectivity index is 1.81. The minimum Gasteiger partial charge on any atom is -0.465 e. The van der Waals surface area contributed by atoms with E-state index in [0.717, 1.165) is 17.9 Å². The van der Waals surface area contributed by atoms with Crippen LogP contribution in [0.5, 0.6) is 5.75 Å². The first-order chi connectivity index (χ1) is 7.25. The van der Waals surface area contributed by atoms with Gasteiger partial charge in [-0.25, -0.2) is 0 Å². The Morgan fingerprint density at radius 1 is 1.67 bits per heavy atom. The molecule has 1 fully saturated rings. The molecule has 0 aromatic heterocycles. The Hall–Kier alpha value is -1.06. The van der Waals surface area contributed by atoms with E-state index in [2.05, 4.69) is 6.07 Å². The smallest absolute Gasteiger partial charge is 0.197 e. The Bertz CT molecular complexity index is 320. The third-order valence-corrected chi connectivity index (χ3v) is 2.23. The van der Waals surface area contributed by atoms with E-state index < -0.39 is 0 Å². The van der Waals surface area contributed by atoms with E-state index in [4.69, 9.17) is 14.2 Å². The summed E-state index contributed by atoms with van der Waals surface area (Å²) in [5, 5.41) is 0. The van der Waals surface area contributed by atoms with Crippen LogP contribution in [0.3, 0.4) is 0 Å². The SMILES string of the molecule is Cc1c[c]ccc1OC(C)OCC1CO1. The number of epoxide rings is 1. The second-order valence-corrected chi connectivity index (χ2v) is 3.67. The molecule has 0 spiro atoms. The van der Waals surface area contributed by atoms with Crippen LogP contribution in [0.15, 0.2) is 18.2 Å². The molecule has 1 aliphatic heterocycles. The predicted octanol–water partition coefficient (Wildman–Crippen LogP) is 1.94. The quantitative estimate of drug-likeness (QED) is 0.546. The predicted molar refractivity (Wildman–Crippen MR) is 55.8 cm³/mol. The van der Waals surface area contributed by atoms with Crippen molar-refractivity contribution < 1.29 is 14.2 Å². The monoisotopic (exact) mass is 207 g/mol. The molecule has 1 heterocycles. The van der Waals surface area contributed by atoms with Crippen LogP contribution >= 0.6 is 0 Å². The maximum atomic E-state index is 5.63. The lowest BCUT2D eigenvalue weighted by Crippen LogP contribution is -2.19. The van der Waals surface area contributed by atoms with Crippen molar-refractivity contribution in [1.29, 1.82) is 0 Å². The van der Waals surface area contributed by atoms with E-state index in [0.29, 0.717) is 6.61 Å². The van der Waals surface area contributed by atoms with Crippen LogP contribution in [0.1, 0.15) is 12.5 Å². The fourth-order valence-corrected chi connectivity index (χ4v) is 1.25. The standard InChI is InChI=1S/C12H15O3/c1-9-5-3-4-6-12(9)15-10(2)13-7-11-8-14-11/h4-6,10-11H,7-8H2,1-2H3. The van der Waals surface area contributed by atoms with Gasteiger partial charge in [-0.2, -0.15) is 0 Å². The third-order valence-electron chi connectivity index (χ3n) is 2.23. The van der Waals surface area contributed by atoms with E-state index in [1.807, 2.05) is 32.0 Å². The number of benzene rings is 1. The molecule has 1 saturated heterocycles. The van der Waals surface area contributed by atoms with Crippen LogP contribution in [-0.2, 0) is 9.47 Å². The molecule has 1 aromatic rings. The second-order valence-electron chi connectivity index (χ2n) is 3.67. The van der Waals surface area contributed by atoms with Crippen molar-refractivity contribution in [1.82, 2.24) is 0 Å². The highest BCUT2D eigenvalue weighted by atomic mass is 16.7. The molecular formula is C12H15O3. The molecule has 0 amide bonds. The van der Waals surface area contributed by atoms with Crippen LogP contribution < -0.4 is 4.74 Å². The normalized spacial score (nSPS) is 21.1. The highest BCUT2D eigenvalue weighted by molar-refractivity contribution is 5.31. The molecule has 0 N–H and O–H groups in total. The van der Waals surface area contributed by atoms with Gasteiger partial charge in [-0.1, -0.05) is 6.07 Å². The fraction of sp³-hybridized carbons (Fsp3) is 0.500. The van der Waals surface area contributed by atoms with Gasteiger partial charge in [-0.05, 0) is 37.6 Å². The average Bonchev–Trinajstić information content (AvgIpc) is 3.02. The van der Waals surface area contributed by atoms with Gasteiger partial charge in [0.2, 0.25) is 0 Å². The highest BCUT2D eigenvalue weighted by Gasteiger charge is 2.23. The Labute approximate surface area is 90.0 Å². The summed E-state index contributed by atoms with van der Waals surface area (Å²) in [6, 6.07) is 8.61. The highest BCUT2D eigenvalue weighted by Crippen LogP contribution is 2.18. The Kier molecular flexibility index (Phi) is 3.23. The van der Waals surface area contributed by atoms with Crippen molar-refractivity contribution in [2.75, 3.05) is 13.2 Å². The molecule has 1 aliphatic rings. The lowest BCUT2D eigenvalue weighted by Gasteiger charge is -2.16. The average molecular weight is 207 g/mol. The molecule has 1 aromatic carbocycles. The van der Waals surface area contributed by atoms with E-state index in [-0.39, 0.29) is 12.4 Å². The Morgan fingerprint density at radius 2 is 2.47 bits per heavy atom. The van der Waals surface area contributed by atoms with Crippen LogP contribution in [0.25, 0.3) is 0 Å². The lowest BCUT2D eigenvalue weighted by molar-refractivity contribution is -0.0712. The largest absolute Gasteiger partial charge is 0.465 e. The molecule has 0 aliphatic carbocycles. The van der Waals surface area contributed by atoms with Gasteiger partial charge in [-0.15, -0.1) is 0 Å². The van der Waals surface area contributed by atoms with Crippen LogP contribution in [0.4, 0.5) is 0 Å². The Morgan fingerprint density at radius 3 is 3.13 bits per heavy atom. The summed E-state index contributed by atoms with van der Waals surface area (Å²) in [5.41, 5.74) is 1.07. The fourth-order valence-electron chi connectivity index (χ4n) is 1.25. The van der Waals surface area contributed by atoms with Gasteiger partial charge in [-0.3, -0.25) is 0 Å². The van der Waals surface area contributed by atoms with Crippen LogP contribution in [0.2, 0.25) is 0 Å². The molecule has 81 valence electrons. The third kappa shape index (κ3) is 3.22. The number of ether oxygens (including phenoxy) is 3. The summed E-state index contributed by atoms with van der Waals surface area (Å²) in [5.74, 6) is 0.845. The molecule has 2 unspecified atom stereocenters. The molecule has 0 saturated carbocycles. The number of aryl methyl sites for hydroxylation is 1. The molecule has 2 rings (SSSR count). The zero-order valence-electron chi connectivity index (χ0n) is 9.03. The van der Waals surface area contributed by atoms with Crippen molar-refractivity contribution in [3.63, 3.8) is 0 Å². The lowest BCUT2D eigenvalue weighted by atomic mass is 10.2. The van der Waals surface area contributed by atoms with E-state index in [1.165, 1.54) is 0 Å². The zero-order valence-corrected chi connectivity index (χ0v) is 9.03. The van der Waals surface area contributed by atoms with E-state index >= 15 is 0 Å². The minimum atomic E-state index is -0.240. The van der Waals surface area contributed by atoms with Crippen LogP contribution in [-0.4, -0.2) is 25.6 Å². The summed E-state index contributed by atoms with van der Waals surface area (Å²) >= 11 is 0. The van der Waals surface area contributed by atoms with E-state index in [1.54, 1.807) is 0 Å². The van der Waals surface area contributed by atoms with Crippen LogP contribution in [0, 0.1) is 13.0 Å². The first-order valence-corrected chi connectivity index (χ1v) is 5.12. The molecule has 3 nitrogen and oxygen atoms in total. The summed E-state index contributed by atoms with van der Waals surface area (Å²) in [6.45, 7) is 5.30. The summed E-state index contributed by atoms with van der Waals surface area (Å²) < 4.78 is 16.1. The summed E-state index contributed by atoms with van der Waals surface area (Å²) in [4.78, 5) is 0. The molecule has 1 radical (unpaired) electrons. The van der Waals surface area contributed by atoms with Gasteiger partial charge in [0, 0.05) is 0 Å². The number of hydrogen-bond donors (Lipinski definition) is 0. The van der Waals surface area contributed by atoms with Gasteiger partial charge in [0.1, 0.15) is 11.9 Å². The summed E-state index contributed by atoms with van der Waals surface area (Å²) in [6.07, 6.45) is 0.0385. The van der Waals surface area contributed by atoms with Crippen molar-refractivity contribution in [2.45, 2.75) is 26.2 Å². The topological polar surface area (TPSA) is 31.0 Å². The van der Waals surface area contributed by atoms with Gasteiger partial charge >= 0.3 is 0 Å². The van der Waals surface area contributed by atoms with Crippen molar-refractivity contribution in [3.8, 4) is 5.75 Å². The molecule has 0 bridgehead atoms.